The third kappa shape index (κ3) is 5.65. The van der Waals surface area contributed by atoms with Crippen molar-refractivity contribution in [3.8, 4) is 17.2 Å². The van der Waals surface area contributed by atoms with E-state index in [0.717, 1.165) is 62.0 Å². The average molecular weight is 415 g/mol. The van der Waals surface area contributed by atoms with E-state index in [4.69, 9.17) is 14.2 Å². The highest BCUT2D eigenvalue weighted by Crippen LogP contribution is 2.28. The van der Waals surface area contributed by atoms with E-state index in [2.05, 4.69) is 21.9 Å². The molecule has 1 saturated heterocycles. The molecule has 1 aliphatic rings. The van der Waals surface area contributed by atoms with Crippen LogP contribution in [0.1, 0.15) is 24.5 Å². The van der Waals surface area contributed by atoms with E-state index in [0.29, 0.717) is 6.61 Å². The monoisotopic (exact) mass is 414 g/mol. The second-order valence-electron chi connectivity index (χ2n) is 7.59. The van der Waals surface area contributed by atoms with Gasteiger partial charge in [0.25, 0.3) is 0 Å². The molecule has 6 nitrogen and oxygen atoms in total. The van der Waals surface area contributed by atoms with Gasteiger partial charge >= 0.3 is 0 Å². The molecule has 0 bridgehead atoms. The summed E-state index contributed by atoms with van der Waals surface area (Å²) in [5.41, 5.74) is 2.32. The first-order valence-corrected chi connectivity index (χ1v) is 10.7. The molecule has 0 unspecified atom stereocenters. The lowest BCUT2D eigenvalue weighted by molar-refractivity contribution is 0.0490. The number of aliphatic hydroxyl groups excluding tert-OH is 1. The van der Waals surface area contributed by atoms with Crippen molar-refractivity contribution in [1.82, 2.24) is 9.80 Å². The third-order valence-electron chi connectivity index (χ3n) is 5.68. The molecule has 0 radical (unpaired) electrons. The van der Waals surface area contributed by atoms with Crippen molar-refractivity contribution in [3.05, 3.63) is 53.6 Å². The van der Waals surface area contributed by atoms with Crippen LogP contribution >= 0.6 is 0 Å². The third-order valence-corrected chi connectivity index (χ3v) is 5.68. The van der Waals surface area contributed by atoms with Gasteiger partial charge in [0.15, 0.2) is 0 Å². The average Bonchev–Trinajstić information content (AvgIpc) is 2.77. The van der Waals surface area contributed by atoms with Crippen LogP contribution in [0, 0.1) is 0 Å². The highest BCUT2D eigenvalue weighted by atomic mass is 16.5. The zero-order valence-electron chi connectivity index (χ0n) is 18.3. The van der Waals surface area contributed by atoms with Crippen LogP contribution in [-0.2, 0) is 13.1 Å². The Hall–Kier alpha value is -2.28. The Morgan fingerprint density at radius 2 is 1.80 bits per heavy atom. The molecule has 0 amide bonds. The summed E-state index contributed by atoms with van der Waals surface area (Å²) in [6.07, 6.45) is 0.753. The minimum Gasteiger partial charge on any atom is -0.497 e. The van der Waals surface area contributed by atoms with Crippen LogP contribution in [0.5, 0.6) is 17.2 Å². The number of nitrogens with zero attached hydrogens (tertiary/aromatic N) is 2. The van der Waals surface area contributed by atoms with Gasteiger partial charge in [0.2, 0.25) is 0 Å². The summed E-state index contributed by atoms with van der Waals surface area (Å²) in [4.78, 5) is 4.90. The summed E-state index contributed by atoms with van der Waals surface area (Å²) >= 11 is 0. The lowest BCUT2D eigenvalue weighted by Crippen LogP contribution is -2.52. The van der Waals surface area contributed by atoms with Gasteiger partial charge in [0.1, 0.15) is 17.2 Å². The summed E-state index contributed by atoms with van der Waals surface area (Å²) in [6.45, 7) is 7.28. The number of methoxy groups -OCH3 is 2. The number of para-hydroxylation sites is 1. The van der Waals surface area contributed by atoms with E-state index in [1.807, 2.05) is 37.3 Å². The van der Waals surface area contributed by atoms with Crippen LogP contribution in [-0.4, -0.2) is 68.0 Å². The molecule has 0 aromatic heterocycles. The Kier molecular flexibility index (Phi) is 8.37. The molecule has 0 saturated carbocycles. The van der Waals surface area contributed by atoms with Crippen LogP contribution in [0.3, 0.4) is 0 Å². The number of ether oxygens (including phenoxy) is 3. The number of rotatable bonds is 10. The molecule has 6 heteroatoms. The maximum atomic E-state index is 9.66. The SMILES string of the molecule is CCOc1ccccc1CN1CCN(Cc2cc(OC)ccc2OC)C[C@H]1CCO. The largest absolute Gasteiger partial charge is 0.497 e. The van der Waals surface area contributed by atoms with E-state index in [9.17, 15) is 5.11 Å². The minimum atomic E-state index is 0.185. The van der Waals surface area contributed by atoms with Gasteiger partial charge in [0, 0.05) is 56.5 Å². The first-order valence-electron chi connectivity index (χ1n) is 10.7. The molecule has 2 aromatic rings. The normalized spacial score (nSPS) is 17.7. The lowest BCUT2D eigenvalue weighted by Gasteiger charge is -2.41. The second kappa shape index (κ2) is 11.2. The fraction of sp³-hybridized carbons (Fsp3) is 0.500. The van der Waals surface area contributed by atoms with E-state index >= 15 is 0 Å². The van der Waals surface area contributed by atoms with Crippen LogP contribution in [0.15, 0.2) is 42.5 Å². The standard InChI is InChI=1S/C24H34N2O4/c1-4-30-24-8-6-5-7-19(24)17-26-13-12-25(18-21(26)11-14-27)16-20-15-22(28-2)9-10-23(20)29-3/h5-10,15,21,27H,4,11-14,16-18H2,1-3H3/t21-/m1/s1. The van der Waals surface area contributed by atoms with E-state index < -0.39 is 0 Å². The molecular formula is C24H34N2O4. The van der Waals surface area contributed by atoms with Gasteiger partial charge in [-0.2, -0.15) is 0 Å². The van der Waals surface area contributed by atoms with Crippen molar-refractivity contribution < 1.29 is 19.3 Å². The predicted octanol–water partition coefficient (Wildman–Crippen LogP) is 3.17. The molecular weight excluding hydrogens is 380 g/mol. The lowest BCUT2D eigenvalue weighted by atomic mass is 10.1. The first-order chi connectivity index (χ1) is 14.7. The smallest absolute Gasteiger partial charge is 0.123 e. The summed E-state index contributed by atoms with van der Waals surface area (Å²) in [5, 5.41) is 9.66. The zero-order chi connectivity index (χ0) is 21.3. The van der Waals surface area contributed by atoms with Gasteiger partial charge in [0.05, 0.1) is 20.8 Å². The van der Waals surface area contributed by atoms with Crippen LogP contribution in [0.25, 0.3) is 0 Å². The second-order valence-corrected chi connectivity index (χ2v) is 7.59. The van der Waals surface area contributed by atoms with Crippen LogP contribution in [0.2, 0.25) is 0 Å². The molecule has 2 aromatic carbocycles. The van der Waals surface area contributed by atoms with Gasteiger partial charge in [-0.05, 0) is 37.6 Å². The summed E-state index contributed by atoms with van der Waals surface area (Å²) in [7, 11) is 3.38. The minimum absolute atomic E-state index is 0.185. The maximum Gasteiger partial charge on any atom is 0.123 e. The quantitative estimate of drug-likeness (QED) is 0.645. The van der Waals surface area contributed by atoms with Gasteiger partial charge in [-0.25, -0.2) is 0 Å². The number of aliphatic hydroxyl groups is 1. The summed E-state index contributed by atoms with van der Waals surface area (Å²) in [6, 6.07) is 14.5. The predicted molar refractivity (Wildman–Crippen MR) is 118 cm³/mol. The molecule has 1 N–H and O–H groups in total. The molecule has 1 aliphatic heterocycles. The Bertz CT molecular complexity index is 799. The van der Waals surface area contributed by atoms with Crippen LogP contribution < -0.4 is 14.2 Å². The Balaban J connectivity index is 1.70. The summed E-state index contributed by atoms with van der Waals surface area (Å²) in [5.74, 6) is 2.66. The molecule has 0 spiro atoms. The highest BCUT2D eigenvalue weighted by Gasteiger charge is 2.28. The number of piperazine rings is 1. The summed E-state index contributed by atoms with van der Waals surface area (Å²) < 4.78 is 16.7. The molecule has 0 aliphatic carbocycles. The van der Waals surface area contributed by atoms with Crippen molar-refractivity contribution in [2.24, 2.45) is 0 Å². The Morgan fingerprint density at radius 3 is 2.53 bits per heavy atom. The fourth-order valence-corrected chi connectivity index (χ4v) is 4.13. The number of benzene rings is 2. The fourth-order valence-electron chi connectivity index (χ4n) is 4.13. The van der Waals surface area contributed by atoms with Crippen molar-refractivity contribution in [2.75, 3.05) is 47.1 Å². The van der Waals surface area contributed by atoms with Crippen molar-refractivity contribution >= 4 is 0 Å². The molecule has 3 rings (SSSR count). The zero-order valence-corrected chi connectivity index (χ0v) is 18.3. The molecule has 1 fully saturated rings. The van der Waals surface area contributed by atoms with Gasteiger partial charge in [-0.1, -0.05) is 18.2 Å². The Labute approximate surface area is 180 Å². The first kappa shape index (κ1) is 22.4. The van der Waals surface area contributed by atoms with Crippen molar-refractivity contribution in [1.29, 1.82) is 0 Å². The molecule has 164 valence electrons. The van der Waals surface area contributed by atoms with E-state index in [1.165, 1.54) is 5.56 Å². The maximum absolute atomic E-state index is 9.66. The van der Waals surface area contributed by atoms with Gasteiger partial charge < -0.3 is 19.3 Å². The topological polar surface area (TPSA) is 54.4 Å². The van der Waals surface area contributed by atoms with Crippen molar-refractivity contribution in [2.45, 2.75) is 32.5 Å². The van der Waals surface area contributed by atoms with E-state index in [-0.39, 0.29) is 12.6 Å². The van der Waals surface area contributed by atoms with Gasteiger partial charge in [-0.15, -0.1) is 0 Å². The highest BCUT2D eigenvalue weighted by molar-refractivity contribution is 5.40. The van der Waals surface area contributed by atoms with Gasteiger partial charge in [-0.3, -0.25) is 9.80 Å². The Morgan fingerprint density at radius 1 is 0.967 bits per heavy atom. The molecule has 1 heterocycles. The molecule has 30 heavy (non-hydrogen) atoms. The number of hydrogen-bond donors (Lipinski definition) is 1. The van der Waals surface area contributed by atoms with Crippen LogP contribution in [0.4, 0.5) is 0 Å². The molecule has 1 atom stereocenters. The van der Waals surface area contributed by atoms with E-state index in [1.54, 1.807) is 14.2 Å². The number of hydrogen-bond acceptors (Lipinski definition) is 6. The van der Waals surface area contributed by atoms with Crippen molar-refractivity contribution in [3.63, 3.8) is 0 Å².